The van der Waals surface area contributed by atoms with Crippen LogP contribution < -0.4 is 0 Å². The Morgan fingerprint density at radius 1 is 0.333 bits per heavy atom. The summed E-state index contributed by atoms with van der Waals surface area (Å²) in [5.41, 5.74) is 0. The number of hydrogen-bond acceptors (Lipinski definition) is 6. The standard InChI is InChI=1S/C57H102O6/c1-4-7-10-13-16-18-20-22-23-24-25-26-27-28-29-30-31-32-33-35-36-38-41-44-47-50-56(59)62-53-54(52-61-55(58)49-46-43-40-15-12-9-6-3)63-57(60)51-48-45-42-39-37-34-21-19-17-14-11-8-5-2/h7,10,16,18,22-23,25-26,54H,4-6,8-9,11-15,17,19-21,24,27-53H2,1-3H3/b10-7-,18-16-,23-22-,26-25-. The topological polar surface area (TPSA) is 78.9 Å². The summed E-state index contributed by atoms with van der Waals surface area (Å²) in [6.45, 7) is 6.50. The Morgan fingerprint density at radius 2 is 0.619 bits per heavy atom. The summed E-state index contributed by atoms with van der Waals surface area (Å²) >= 11 is 0. The van der Waals surface area contributed by atoms with Crippen LogP contribution in [0.25, 0.3) is 0 Å². The highest BCUT2D eigenvalue weighted by Crippen LogP contribution is 2.16. The first-order chi connectivity index (χ1) is 31.0. The number of allylic oxidation sites excluding steroid dienone is 8. The molecular weight excluding hydrogens is 781 g/mol. The molecule has 0 amide bonds. The Hall–Kier alpha value is -2.63. The third-order valence-electron chi connectivity index (χ3n) is 11.8. The van der Waals surface area contributed by atoms with Crippen LogP contribution in [-0.4, -0.2) is 37.2 Å². The van der Waals surface area contributed by atoms with Gasteiger partial charge in [0.25, 0.3) is 0 Å². The Balaban J connectivity index is 4.12. The molecule has 6 nitrogen and oxygen atoms in total. The van der Waals surface area contributed by atoms with Crippen molar-refractivity contribution in [1.82, 2.24) is 0 Å². The second-order valence-electron chi connectivity index (χ2n) is 18.1. The summed E-state index contributed by atoms with van der Waals surface area (Å²) in [5.74, 6) is -0.868. The van der Waals surface area contributed by atoms with Crippen LogP contribution in [0.2, 0.25) is 0 Å². The molecule has 0 N–H and O–H groups in total. The van der Waals surface area contributed by atoms with Gasteiger partial charge in [0.05, 0.1) is 0 Å². The molecule has 0 heterocycles. The predicted molar refractivity (Wildman–Crippen MR) is 270 cm³/mol. The normalized spacial score (nSPS) is 12.4. The maximum atomic E-state index is 12.7. The highest BCUT2D eigenvalue weighted by molar-refractivity contribution is 5.71. The summed E-state index contributed by atoms with van der Waals surface area (Å²) < 4.78 is 16.7. The van der Waals surface area contributed by atoms with E-state index in [1.807, 2.05) is 0 Å². The fraction of sp³-hybridized carbons (Fsp3) is 0.807. The van der Waals surface area contributed by atoms with Crippen molar-refractivity contribution < 1.29 is 28.6 Å². The second kappa shape index (κ2) is 52.0. The molecule has 6 heteroatoms. The molecule has 1 atom stereocenters. The Morgan fingerprint density at radius 3 is 0.968 bits per heavy atom. The zero-order chi connectivity index (χ0) is 45.8. The third kappa shape index (κ3) is 50.2. The molecule has 0 radical (unpaired) electrons. The number of carbonyl (C=O) groups excluding carboxylic acids is 3. The number of esters is 3. The Labute approximate surface area is 390 Å². The first kappa shape index (κ1) is 60.4. The van der Waals surface area contributed by atoms with Crippen molar-refractivity contribution in [3.05, 3.63) is 48.6 Å². The van der Waals surface area contributed by atoms with E-state index in [9.17, 15) is 14.4 Å². The minimum absolute atomic E-state index is 0.0698. The average molecular weight is 883 g/mol. The molecule has 0 saturated carbocycles. The van der Waals surface area contributed by atoms with Gasteiger partial charge in [-0.3, -0.25) is 14.4 Å². The van der Waals surface area contributed by atoms with Crippen LogP contribution in [0.15, 0.2) is 48.6 Å². The van der Waals surface area contributed by atoms with E-state index in [2.05, 4.69) is 69.4 Å². The number of hydrogen-bond donors (Lipinski definition) is 0. The molecule has 0 aliphatic rings. The predicted octanol–water partition coefficient (Wildman–Crippen LogP) is 17.9. The van der Waals surface area contributed by atoms with Gasteiger partial charge in [0.15, 0.2) is 6.10 Å². The number of ether oxygens (including phenoxy) is 3. The average Bonchev–Trinajstić information content (AvgIpc) is 3.28. The van der Waals surface area contributed by atoms with E-state index >= 15 is 0 Å². The molecule has 63 heavy (non-hydrogen) atoms. The lowest BCUT2D eigenvalue weighted by molar-refractivity contribution is -0.167. The van der Waals surface area contributed by atoms with E-state index in [-0.39, 0.29) is 31.1 Å². The molecule has 0 aromatic carbocycles. The first-order valence-corrected chi connectivity index (χ1v) is 27.1. The van der Waals surface area contributed by atoms with Gasteiger partial charge in [-0.05, 0) is 57.8 Å². The molecule has 0 aliphatic heterocycles. The van der Waals surface area contributed by atoms with Gasteiger partial charge in [0.1, 0.15) is 13.2 Å². The minimum Gasteiger partial charge on any atom is -0.462 e. The fourth-order valence-corrected chi connectivity index (χ4v) is 7.79. The van der Waals surface area contributed by atoms with Crippen molar-refractivity contribution in [3.8, 4) is 0 Å². The van der Waals surface area contributed by atoms with Crippen molar-refractivity contribution in [2.45, 2.75) is 284 Å². The summed E-state index contributed by atoms with van der Waals surface area (Å²) in [7, 11) is 0. The maximum absolute atomic E-state index is 12.7. The van der Waals surface area contributed by atoms with Gasteiger partial charge in [-0.1, -0.05) is 249 Å². The van der Waals surface area contributed by atoms with Gasteiger partial charge in [-0.15, -0.1) is 0 Å². The van der Waals surface area contributed by atoms with Crippen LogP contribution in [0.1, 0.15) is 278 Å². The summed E-state index contributed by atoms with van der Waals surface area (Å²) in [5, 5.41) is 0. The molecule has 0 saturated heterocycles. The van der Waals surface area contributed by atoms with Crippen molar-refractivity contribution in [2.75, 3.05) is 13.2 Å². The number of rotatable bonds is 49. The lowest BCUT2D eigenvalue weighted by atomic mass is 10.0. The van der Waals surface area contributed by atoms with Gasteiger partial charge < -0.3 is 14.2 Å². The van der Waals surface area contributed by atoms with Crippen LogP contribution in [0, 0.1) is 0 Å². The van der Waals surface area contributed by atoms with Crippen molar-refractivity contribution >= 4 is 17.9 Å². The minimum atomic E-state index is -0.766. The van der Waals surface area contributed by atoms with Gasteiger partial charge in [-0.2, -0.15) is 0 Å². The van der Waals surface area contributed by atoms with E-state index in [1.54, 1.807) is 0 Å². The monoisotopic (exact) mass is 883 g/mol. The van der Waals surface area contributed by atoms with E-state index in [1.165, 1.54) is 154 Å². The zero-order valence-corrected chi connectivity index (χ0v) is 41.8. The largest absolute Gasteiger partial charge is 0.462 e. The van der Waals surface area contributed by atoms with Crippen LogP contribution in [-0.2, 0) is 28.6 Å². The Bertz CT molecular complexity index is 1110. The maximum Gasteiger partial charge on any atom is 0.306 e. The Kier molecular flexibility index (Phi) is 49.8. The van der Waals surface area contributed by atoms with Gasteiger partial charge in [-0.25, -0.2) is 0 Å². The van der Waals surface area contributed by atoms with Crippen LogP contribution >= 0.6 is 0 Å². The zero-order valence-electron chi connectivity index (χ0n) is 41.8. The smallest absolute Gasteiger partial charge is 0.306 e. The van der Waals surface area contributed by atoms with Crippen molar-refractivity contribution in [1.29, 1.82) is 0 Å². The summed E-state index contributed by atoms with van der Waals surface area (Å²) in [6, 6.07) is 0. The third-order valence-corrected chi connectivity index (χ3v) is 11.8. The molecule has 1 unspecified atom stereocenters. The second-order valence-corrected chi connectivity index (χ2v) is 18.1. The van der Waals surface area contributed by atoms with E-state index in [4.69, 9.17) is 14.2 Å². The van der Waals surface area contributed by atoms with Crippen LogP contribution in [0.3, 0.4) is 0 Å². The summed E-state index contributed by atoms with van der Waals surface area (Å²) in [6.07, 6.45) is 62.6. The van der Waals surface area contributed by atoms with E-state index < -0.39 is 6.10 Å². The summed E-state index contributed by atoms with van der Waals surface area (Å²) in [4.78, 5) is 37.8. The van der Waals surface area contributed by atoms with Gasteiger partial charge in [0.2, 0.25) is 0 Å². The van der Waals surface area contributed by atoms with Crippen molar-refractivity contribution in [3.63, 3.8) is 0 Å². The highest BCUT2D eigenvalue weighted by Gasteiger charge is 2.19. The molecule has 366 valence electrons. The van der Waals surface area contributed by atoms with Crippen molar-refractivity contribution in [2.24, 2.45) is 0 Å². The highest BCUT2D eigenvalue weighted by atomic mass is 16.6. The molecule has 0 aromatic heterocycles. The quantitative estimate of drug-likeness (QED) is 0.0262. The van der Waals surface area contributed by atoms with E-state index in [0.717, 1.165) is 83.5 Å². The lowest BCUT2D eigenvalue weighted by Crippen LogP contribution is -2.30. The van der Waals surface area contributed by atoms with Crippen LogP contribution in [0.5, 0.6) is 0 Å². The van der Waals surface area contributed by atoms with E-state index in [0.29, 0.717) is 19.3 Å². The molecule has 0 rings (SSSR count). The van der Waals surface area contributed by atoms with Gasteiger partial charge >= 0.3 is 17.9 Å². The molecular formula is C57H102O6. The number of unbranched alkanes of at least 4 members (excludes halogenated alkanes) is 30. The SMILES string of the molecule is CC/C=C\C/C=C\C/C=C\C/C=C\CCCCCCCCCCCCCCC(=O)OCC(COC(=O)CCCCCCCCC)OC(=O)CCCCCCCCCCCCCCC. The molecule has 0 spiro atoms. The molecule has 0 bridgehead atoms. The molecule has 0 aromatic rings. The fourth-order valence-electron chi connectivity index (χ4n) is 7.79. The lowest BCUT2D eigenvalue weighted by Gasteiger charge is -2.18. The molecule has 0 fully saturated rings. The first-order valence-electron chi connectivity index (χ1n) is 27.1. The molecule has 0 aliphatic carbocycles. The van der Waals surface area contributed by atoms with Gasteiger partial charge in [0, 0.05) is 19.3 Å². The number of carbonyl (C=O) groups is 3. The van der Waals surface area contributed by atoms with Crippen LogP contribution in [0.4, 0.5) is 0 Å².